The van der Waals surface area contributed by atoms with Crippen LogP contribution in [0.3, 0.4) is 0 Å². The lowest BCUT2D eigenvalue weighted by Crippen LogP contribution is -2.27. The molecule has 1 heterocycles. The summed E-state index contributed by atoms with van der Waals surface area (Å²) in [6.07, 6.45) is 3.81. The van der Waals surface area contributed by atoms with E-state index in [0.717, 1.165) is 5.56 Å². The summed E-state index contributed by atoms with van der Waals surface area (Å²) in [5.74, 6) is 0.371. The van der Waals surface area contributed by atoms with E-state index in [9.17, 15) is 14.9 Å². The van der Waals surface area contributed by atoms with Gasteiger partial charge >= 0.3 is 0 Å². The van der Waals surface area contributed by atoms with Gasteiger partial charge in [0.05, 0.1) is 11.0 Å². The minimum atomic E-state index is -0.483. The first-order valence-corrected chi connectivity index (χ1v) is 5.97. The molecule has 5 heteroatoms. The topological polar surface area (TPSA) is 69.4 Å². The average molecular weight is 261 g/mol. The number of ether oxygens (including phenoxy) is 1. The highest BCUT2D eigenvalue weighted by molar-refractivity contribution is 5.80. The molecule has 0 spiro atoms. The Morgan fingerprint density at radius 2 is 2.11 bits per heavy atom. The minimum Gasteiger partial charge on any atom is -0.483 e. The van der Waals surface area contributed by atoms with Crippen LogP contribution in [0, 0.1) is 10.1 Å². The molecule has 0 fully saturated rings. The second-order valence-corrected chi connectivity index (χ2v) is 5.19. The van der Waals surface area contributed by atoms with Gasteiger partial charge in [0.1, 0.15) is 17.1 Å². The van der Waals surface area contributed by atoms with E-state index in [0.29, 0.717) is 11.3 Å². The van der Waals surface area contributed by atoms with Crippen molar-refractivity contribution in [2.24, 2.45) is 0 Å². The molecule has 0 radical (unpaired) electrons. The first-order valence-electron chi connectivity index (χ1n) is 5.97. The summed E-state index contributed by atoms with van der Waals surface area (Å²) in [6, 6.07) is 3.06. The van der Waals surface area contributed by atoms with Crippen LogP contribution in [0.2, 0.25) is 0 Å². The molecule has 1 aliphatic heterocycles. The van der Waals surface area contributed by atoms with Gasteiger partial charge in [0.15, 0.2) is 0 Å². The van der Waals surface area contributed by atoms with Gasteiger partial charge in [-0.25, -0.2) is 0 Å². The van der Waals surface area contributed by atoms with Crippen LogP contribution in [0.4, 0.5) is 5.69 Å². The number of Topliss-reactive ketones (excluding diaryl/α,β-unsaturated/α-hetero) is 1. The van der Waals surface area contributed by atoms with Crippen LogP contribution in [0.25, 0.3) is 6.08 Å². The molecule has 1 aromatic carbocycles. The summed E-state index contributed by atoms with van der Waals surface area (Å²) < 4.78 is 5.69. The van der Waals surface area contributed by atoms with Crippen molar-refractivity contribution in [2.75, 3.05) is 0 Å². The van der Waals surface area contributed by atoms with Crippen LogP contribution in [-0.4, -0.2) is 16.3 Å². The Morgan fingerprint density at radius 3 is 2.68 bits per heavy atom. The molecule has 100 valence electrons. The molecule has 1 aliphatic rings. The third-order valence-corrected chi connectivity index (χ3v) is 2.88. The maximum absolute atomic E-state index is 11.2. The van der Waals surface area contributed by atoms with Crippen molar-refractivity contribution in [3.8, 4) is 5.75 Å². The van der Waals surface area contributed by atoms with Crippen LogP contribution in [0.1, 0.15) is 31.9 Å². The molecular weight excluding hydrogens is 246 g/mol. The lowest BCUT2D eigenvalue weighted by molar-refractivity contribution is -0.385. The van der Waals surface area contributed by atoms with E-state index in [4.69, 9.17) is 4.74 Å². The van der Waals surface area contributed by atoms with Crippen molar-refractivity contribution in [2.45, 2.75) is 32.8 Å². The van der Waals surface area contributed by atoms with E-state index in [1.54, 1.807) is 6.07 Å². The molecular formula is C14H15NO4. The lowest BCUT2D eigenvalue weighted by Gasteiger charge is -2.27. The molecule has 1 aromatic rings. The first-order chi connectivity index (χ1) is 8.78. The van der Waals surface area contributed by atoms with Crippen molar-refractivity contribution in [3.63, 3.8) is 0 Å². The highest BCUT2D eigenvalue weighted by Crippen LogP contribution is 2.36. The molecule has 0 unspecified atom stereocenters. The Kier molecular flexibility index (Phi) is 3.14. The third kappa shape index (κ3) is 2.81. The summed E-state index contributed by atoms with van der Waals surface area (Å²) in [4.78, 5) is 21.8. The monoisotopic (exact) mass is 261 g/mol. The van der Waals surface area contributed by atoms with Gasteiger partial charge in [0, 0.05) is 17.5 Å². The van der Waals surface area contributed by atoms with Gasteiger partial charge in [0.25, 0.3) is 5.69 Å². The number of ketones is 1. The van der Waals surface area contributed by atoms with Gasteiger partial charge in [-0.05, 0) is 32.9 Å². The Morgan fingerprint density at radius 1 is 1.42 bits per heavy atom. The molecule has 2 rings (SSSR count). The highest BCUT2D eigenvalue weighted by atomic mass is 16.6. The van der Waals surface area contributed by atoms with Gasteiger partial charge < -0.3 is 4.74 Å². The molecule has 0 N–H and O–H groups in total. The summed E-state index contributed by atoms with van der Waals surface area (Å²) in [7, 11) is 0. The van der Waals surface area contributed by atoms with Crippen LogP contribution in [0.15, 0.2) is 18.2 Å². The number of fused-ring (bicyclic) bond motifs is 1. The van der Waals surface area contributed by atoms with E-state index >= 15 is 0 Å². The molecule has 0 saturated heterocycles. The Bertz CT molecular complexity index is 587. The zero-order chi connectivity index (χ0) is 14.2. The fraction of sp³-hybridized carbons (Fsp3) is 0.357. The fourth-order valence-corrected chi connectivity index (χ4v) is 2.04. The first kappa shape index (κ1) is 13.3. The van der Waals surface area contributed by atoms with Gasteiger partial charge in [0.2, 0.25) is 0 Å². The number of rotatable bonds is 3. The smallest absolute Gasteiger partial charge is 0.276 e. The molecule has 0 atom stereocenters. The summed E-state index contributed by atoms with van der Waals surface area (Å²) in [6.45, 7) is 5.17. The molecule has 0 aliphatic carbocycles. The van der Waals surface area contributed by atoms with Crippen LogP contribution in [0.5, 0.6) is 5.75 Å². The normalized spacial score (nSPS) is 15.5. The highest BCUT2D eigenvalue weighted by Gasteiger charge is 2.26. The largest absolute Gasteiger partial charge is 0.483 e. The molecule has 0 bridgehead atoms. The van der Waals surface area contributed by atoms with E-state index in [2.05, 4.69) is 0 Å². The Labute approximate surface area is 111 Å². The van der Waals surface area contributed by atoms with Crippen LogP contribution < -0.4 is 4.74 Å². The van der Waals surface area contributed by atoms with Crippen molar-refractivity contribution >= 4 is 17.5 Å². The van der Waals surface area contributed by atoms with Crippen molar-refractivity contribution in [1.82, 2.24) is 0 Å². The Balaban J connectivity index is 2.53. The summed E-state index contributed by atoms with van der Waals surface area (Å²) in [5.41, 5.74) is 0.633. The van der Waals surface area contributed by atoms with E-state index in [-0.39, 0.29) is 17.9 Å². The van der Waals surface area contributed by atoms with E-state index < -0.39 is 10.5 Å². The molecule has 19 heavy (non-hydrogen) atoms. The predicted octanol–water partition coefficient (Wildman–Crippen LogP) is 2.91. The molecule has 5 nitrogen and oxygen atoms in total. The SMILES string of the molecule is CC(=O)Cc1cc2c(cc1[N+](=O)[O-])OC(C)(C)C=C2. The number of carbonyl (C=O) groups is 1. The van der Waals surface area contributed by atoms with Crippen LogP contribution in [-0.2, 0) is 11.2 Å². The number of nitro benzene ring substituents is 1. The van der Waals surface area contributed by atoms with Gasteiger partial charge in [-0.2, -0.15) is 0 Å². The van der Waals surface area contributed by atoms with E-state index in [1.807, 2.05) is 26.0 Å². The van der Waals surface area contributed by atoms with Crippen molar-refractivity contribution < 1.29 is 14.5 Å². The number of hydrogen-bond donors (Lipinski definition) is 0. The molecule has 0 aromatic heterocycles. The zero-order valence-corrected chi connectivity index (χ0v) is 11.1. The van der Waals surface area contributed by atoms with Gasteiger partial charge in [-0.1, -0.05) is 6.08 Å². The maximum atomic E-state index is 11.2. The number of hydrogen-bond acceptors (Lipinski definition) is 4. The van der Waals surface area contributed by atoms with E-state index in [1.165, 1.54) is 13.0 Å². The average Bonchev–Trinajstić information content (AvgIpc) is 2.26. The lowest BCUT2D eigenvalue weighted by atomic mass is 9.98. The van der Waals surface area contributed by atoms with Crippen LogP contribution >= 0.6 is 0 Å². The van der Waals surface area contributed by atoms with Crippen molar-refractivity contribution in [1.29, 1.82) is 0 Å². The number of carbonyl (C=O) groups excluding carboxylic acids is 1. The standard InChI is InChI=1S/C14H15NO4/c1-9(16)6-11-7-10-4-5-14(2,3)19-13(10)8-12(11)15(17)18/h4-5,7-8H,6H2,1-3H3. The predicted molar refractivity (Wildman–Crippen MR) is 71.2 cm³/mol. The summed E-state index contributed by atoms with van der Waals surface area (Å²) >= 11 is 0. The second kappa shape index (κ2) is 4.50. The quantitative estimate of drug-likeness (QED) is 0.619. The second-order valence-electron chi connectivity index (χ2n) is 5.19. The number of nitrogens with zero attached hydrogens (tertiary/aromatic N) is 1. The van der Waals surface area contributed by atoms with Gasteiger partial charge in [-0.3, -0.25) is 14.9 Å². The molecule has 0 saturated carbocycles. The third-order valence-electron chi connectivity index (χ3n) is 2.88. The van der Waals surface area contributed by atoms with Crippen molar-refractivity contribution in [3.05, 3.63) is 39.4 Å². The number of benzene rings is 1. The van der Waals surface area contributed by atoms with Gasteiger partial charge in [-0.15, -0.1) is 0 Å². The summed E-state index contributed by atoms with van der Waals surface area (Å²) in [5, 5.41) is 11.1. The minimum absolute atomic E-state index is 0.0564. The molecule has 0 amide bonds. The zero-order valence-electron chi connectivity index (χ0n) is 11.1. The fourth-order valence-electron chi connectivity index (χ4n) is 2.04. The maximum Gasteiger partial charge on any atom is 0.276 e. The Hall–Kier alpha value is -2.17. The number of nitro groups is 1.